The van der Waals surface area contributed by atoms with Gasteiger partial charge in [0.15, 0.2) is 0 Å². The fourth-order valence-corrected chi connectivity index (χ4v) is 3.56. The molecule has 0 radical (unpaired) electrons. The molecular weight excluding hydrogens is 251 g/mol. The van der Waals surface area contributed by atoms with Gasteiger partial charge < -0.3 is 4.57 Å². The Labute approximate surface area is 113 Å². The molecule has 0 heterocycles. The molecule has 2 aliphatic rings. The highest BCUT2D eigenvalue weighted by Crippen LogP contribution is 2.36. The van der Waals surface area contributed by atoms with Gasteiger partial charge in [-0.3, -0.25) is 0 Å². The van der Waals surface area contributed by atoms with Gasteiger partial charge in [0.05, 0.1) is 0 Å². The molecule has 0 spiro atoms. The standard InChI is InChI=1S/C14H26.ClH2OP/c1-2-6-10-13(9-5-1)14-11-7-3-4-8-12-14;1-3-2/h13-14H,1-12H2;3H2. The second kappa shape index (κ2) is 10.4. The molecule has 0 N–H and O–H groups in total. The molecule has 0 amide bonds. The molecule has 3 heteroatoms. The molecule has 2 aliphatic carbocycles. The van der Waals surface area contributed by atoms with E-state index in [2.05, 4.69) is 11.2 Å². The number of hydrogen-bond acceptors (Lipinski definition) is 1. The summed E-state index contributed by atoms with van der Waals surface area (Å²) in [6, 6.07) is 0. The Morgan fingerprint density at radius 3 is 1.12 bits per heavy atom. The first-order chi connectivity index (χ1) is 8.38. The van der Waals surface area contributed by atoms with Gasteiger partial charge in [-0.25, -0.2) is 0 Å². The molecule has 1 nitrogen and oxygen atoms in total. The van der Waals surface area contributed by atoms with Gasteiger partial charge in [-0.05, 0) is 11.8 Å². The monoisotopic (exact) mass is 278 g/mol. The SMILES string of the molecule is C1CCCC(C2CCCCCC2)CC1.O=[PH2]Cl. The molecule has 0 aromatic carbocycles. The summed E-state index contributed by atoms with van der Waals surface area (Å²) in [6.45, 7) is 0. The van der Waals surface area contributed by atoms with E-state index in [1.54, 1.807) is 25.7 Å². The Morgan fingerprint density at radius 2 is 0.882 bits per heavy atom. The van der Waals surface area contributed by atoms with E-state index in [4.69, 9.17) is 4.57 Å². The quantitative estimate of drug-likeness (QED) is 0.436. The highest BCUT2D eigenvalue weighted by molar-refractivity contribution is 7.57. The van der Waals surface area contributed by atoms with Gasteiger partial charge in [0.1, 0.15) is 7.81 Å². The van der Waals surface area contributed by atoms with E-state index in [0.717, 1.165) is 11.8 Å². The van der Waals surface area contributed by atoms with Crippen LogP contribution in [0.2, 0.25) is 0 Å². The Hall–Kier alpha value is 0.520. The van der Waals surface area contributed by atoms with Gasteiger partial charge in [0.25, 0.3) is 0 Å². The largest absolute Gasteiger partial charge is 0.313 e. The topological polar surface area (TPSA) is 17.1 Å². The first kappa shape index (κ1) is 15.6. The fraction of sp³-hybridized carbons (Fsp3) is 1.00. The zero-order valence-corrected chi connectivity index (χ0v) is 12.9. The van der Waals surface area contributed by atoms with Gasteiger partial charge in [-0.1, -0.05) is 88.3 Å². The second-order valence-corrected chi connectivity index (χ2v) is 6.31. The minimum Gasteiger partial charge on any atom is -0.313 e. The summed E-state index contributed by atoms with van der Waals surface area (Å²) < 4.78 is 8.78. The molecule has 0 aromatic rings. The smallest absolute Gasteiger partial charge is 0.146 e. The summed E-state index contributed by atoms with van der Waals surface area (Å²) in [5.41, 5.74) is 0. The molecule has 2 saturated carbocycles. The molecule has 17 heavy (non-hydrogen) atoms. The Balaban J connectivity index is 0.000000437. The van der Waals surface area contributed by atoms with Crippen LogP contribution in [-0.4, -0.2) is 0 Å². The van der Waals surface area contributed by atoms with Crippen molar-refractivity contribution in [3.63, 3.8) is 0 Å². The van der Waals surface area contributed by atoms with Crippen molar-refractivity contribution in [1.29, 1.82) is 0 Å². The number of rotatable bonds is 1. The molecule has 1 unspecified atom stereocenters. The normalized spacial score (nSPS) is 25.0. The van der Waals surface area contributed by atoms with Crippen LogP contribution in [0.3, 0.4) is 0 Å². The van der Waals surface area contributed by atoms with Crippen molar-refractivity contribution < 1.29 is 4.57 Å². The number of hydrogen-bond donors (Lipinski definition) is 0. The summed E-state index contributed by atoms with van der Waals surface area (Å²) in [4.78, 5) is 0. The minimum atomic E-state index is -1.03. The van der Waals surface area contributed by atoms with Crippen molar-refractivity contribution in [2.45, 2.75) is 77.0 Å². The lowest BCUT2D eigenvalue weighted by Crippen LogP contribution is -2.13. The van der Waals surface area contributed by atoms with Crippen molar-refractivity contribution in [3.05, 3.63) is 0 Å². The third-order valence-electron chi connectivity index (χ3n) is 4.47. The molecule has 0 aliphatic heterocycles. The van der Waals surface area contributed by atoms with E-state index >= 15 is 0 Å². The lowest BCUT2D eigenvalue weighted by atomic mass is 9.81. The summed E-state index contributed by atoms with van der Waals surface area (Å²) in [5.74, 6) is 2.24. The maximum Gasteiger partial charge on any atom is 0.146 e. The van der Waals surface area contributed by atoms with Crippen molar-refractivity contribution in [2.75, 3.05) is 0 Å². The lowest BCUT2D eigenvalue weighted by molar-refractivity contribution is 0.269. The third-order valence-corrected chi connectivity index (χ3v) is 4.47. The number of halogens is 1. The Kier molecular flexibility index (Phi) is 9.57. The van der Waals surface area contributed by atoms with Gasteiger partial charge in [0.2, 0.25) is 0 Å². The molecule has 2 rings (SSSR count). The van der Waals surface area contributed by atoms with Crippen LogP contribution in [0.15, 0.2) is 0 Å². The van der Waals surface area contributed by atoms with E-state index < -0.39 is 7.81 Å². The average molecular weight is 279 g/mol. The van der Waals surface area contributed by atoms with Gasteiger partial charge >= 0.3 is 0 Å². The Bertz CT molecular complexity index is 165. The van der Waals surface area contributed by atoms with Gasteiger partial charge in [0, 0.05) is 0 Å². The summed E-state index contributed by atoms with van der Waals surface area (Å²) in [7, 11) is -1.03. The van der Waals surface area contributed by atoms with E-state index in [1.807, 2.05) is 0 Å². The van der Waals surface area contributed by atoms with Crippen LogP contribution in [0.25, 0.3) is 0 Å². The third kappa shape index (κ3) is 6.87. The summed E-state index contributed by atoms with van der Waals surface area (Å²) in [5, 5.41) is 0. The first-order valence-corrected chi connectivity index (χ1v) is 9.64. The van der Waals surface area contributed by atoms with Crippen molar-refractivity contribution >= 4 is 19.1 Å². The first-order valence-electron chi connectivity index (χ1n) is 7.42. The van der Waals surface area contributed by atoms with Crippen molar-refractivity contribution in [2.24, 2.45) is 11.8 Å². The predicted molar refractivity (Wildman–Crippen MR) is 78.6 cm³/mol. The maximum atomic E-state index is 8.78. The van der Waals surface area contributed by atoms with Crippen LogP contribution < -0.4 is 0 Å². The second-order valence-electron chi connectivity index (χ2n) is 5.59. The van der Waals surface area contributed by atoms with Crippen LogP contribution in [-0.2, 0) is 4.57 Å². The molecule has 2 fully saturated rings. The summed E-state index contributed by atoms with van der Waals surface area (Å²) in [6.07, 6.45) is 18.4. The van der Waals surface area contributed by atoms with Crippen molar-refractivity contribution in [1.82, 2.24) is 0 Å². The van der Waals surface area contributed by atoms with Crippen molar-refractivity contribution in [3.8, 4) is 0 Å². The van der Waals surface area contributed by atoms with E-state index in [1.165, 1.54) is 51.4 Å². The van der Waals surface area contributed by atoms with E-state index in [9.17, 15) is 0 Å². The van der Waals surface area contributed by atoms with Crippen LogP contribution in [0.1, 0.15) is 77.0 Å². The maximum absolute atomic E-state index is 8.78. The molecule has 1 atom stereocenters. The zero-order valence-electron chi connectivity index (χ0n) is 11.0. The van der Waals surface area contributed by atoms with Crippen LogP contribution in [0.5, 0.6) is 0 Å². The summed E-state index contributed by atoms with van der Waals surface area (Å²) >= 11 is 4.53. The fourth-order valence-electron chi connectivity index (χ4n) is 3.56. The molecule has 0 aromatic heterocycles. The highest BCUT2D eigenvalue weighted by Gasteiger charge is 2.23. The lowest BCUT2D eigenvalue weighted by Gasteiger charge is -2.24. The zero-order chi connectivity index (χ0) is 12.3. The van der Waals surface area contributed by atoms with Crippen LogP contribution >= 0.6 is 19.1 Å². The van der Waals surface area contributed by atoms with E-state index in [-0.39, 0.29) is 0 Å². The Morgan fingerprint density at radius 1 is 0.647 bits per heavy atom. The van der Waals surface area contributed by atoms with Gasteiger partial charge in [-0.15, -0.1) is 0 Å². The van der Waals surface area contributed by atoms with Gasteiger partial charge in [-0.2, -0.15) is 0 Å². The molecular formula is C14H28ClOP. The molecule has 102 valence electrons. The average Bonchev–Trinajstić information content (AvgIpc) is 2.74. The predicted octanol–water partition coefficient (Wildman–Crippen LogP) is 5.82. The molecule has 0 saturated heterocycles. The van der Waals surface area contributed by atoms with Crippen LogP contribution in [0, 0.1) is 11.8 Å². The van der Waals surface area contributed by atoms with E-state index in [0.29, 0.717) is 0 Å². The highest BCUT2D eigenvalue weighted by atomic mass is 35.7. The van der Waals surface area contributed by atoms with Crippen LogP contribution in [0.4, 0.5) is 0 Å². The minimum absolute atomic E-state index is 1.03. The molecule has 0 bridgehead atoms.